The van der Waals surface area contributed by atoms with Crippen LogP contribution in [0.4, 0.5) is 8.78 Å². The molecular formula is C15H15F2NO. The Labute approximate surface area is 110 Å². The maximum Gasteiger partial charge on any atom is 0.126 e. The molecule has 0 aliphatic rings. The van der Waals surface area contributed by atoms with Gasteiger partial charge in [-0.05, 0) is 29.7 Å². The highest BCUT2D eigenvalue weighted by molar-refractivity contribution is 5.23. The average Bonchev–Trinajstić information content (AvgIpc) is 2.37. The van der Waals surface area contributed by atoms with Crippen molar-refractivity contribution in [3.05, 3.63) is 71.3 Å². The highest BCUT2D eigenvalue weighted by Gasteiger charge is 2.18. The smallest absolute Gasteiger partial charge is 0.126 e. The van der Waals surface area contributed by atoms with Gasteiger partial charge in [0.2, 0.25) is 0 Å². The molecule has 2 atom stereocenters. The van der Waals surface area contributed by atoms with Crippen molar-refractivity contribution in [1.29, 1.82) is 0 Å². The normalized spacial score (nSPS) is 14.1. The standard InChI is InChI=1S/C15H15F2NO/c16-12-7-11(8-13(17)9-12)15(19)14(18)6-10-4-2-1-3-5-10/h1-5,7-9,14-15,19H,6,18H2. The zero-order valence-electron chi connectivity index (χ0n) is 10.3. The van der Waals surface area contributed by atoms with Gasteiger partial charge in [0.05, 0.1) is 6.10 Å². The highest BCUT2D eigenvalue weighted by atomic mass is 19.1. The lowest BCUT2D eigenvalue weighted by molar-refractivity contribution is 0.145. The van der Waals surface area contributed by atoms with E-state index in [4.69, 9.17) is 5.73 Å². The van der Waals surface area contributed by atoms with Gasteiger partial charge in [-0.15, -0.1) is 0 Å². The van der Waals surface area contributed by atoms with E-state index in [-0.39, 0.29) is 5.56 Å². The molecule has 0 amide bonds. The van der Waals surface area contributed by atoms with Gasteiger partial charge in [-0.25, -0.2) is 8.78 Å². The average molecular weight is 263 g/mol. The molecule has 0 bridgehead atoms. The first-order valence-electron chi connectivity index (χ1n) is 6.00. The number of aliphatic hydroxyl groups excluding tert-OH is 1. The summed E-state index contributed by atoms with van der Waals surface area (Å²) in [7, 11) is 0. The van der Waals surface area contributed by atoms with E-state index >= 15 is 0 Å². The minimum atomic E-state index is -1.11. The summed E-state index contributed by atoms with van der Waals surface area (Å²) >= 11 is 0. The quantitative estimate of drug-likeness (QED) is 0.890. The Hall–Kier alpha value is -1.78. The molecule has 0 radical (unpaired) electrons. The van der Waals surface area contributed by atoms with Crippen molar-refractivity contribution in [3.63, 3.8) is 0 Å². The fourth-order valence-corrected chi connectivity index (χ4v) is 1.99. The molecule has 0 aromatic heterocycles. The van der Waals surface area contributed by atoms with E-state index in [1.807, 2.05) is 30.3 Å². The summed E-state index contributed by atoms with van der Waals surface area (Å²) < 4.78 is 26.2. The Morgan fingerprint density at radius 2 is 1.58 bits per heavy atom. The summed E-state index contributed by atoms with van der Waals surface area (Å²) in [6.45, 7) is 0. The third-order valence-electron chi connectivity index (χ3n) is 2.95. The molecule has 0 heterocycles. The fourth-order valence-electron chi connectivity index (χ4n) is 1.99. The minimum Gasteiger partial charge on any atom is -0.387 e. The molecule has 2 aromatic carbocycles. The molecule has 100 valence electrons. The van der Waals surface area contributed by atoms with Gasteiger partial charge in [-0.1, -0.05) is 30.3 Å². The topological polar surface area (TPSA) is 46.2 Å². The van der Waals surface area contributed by atoms with Crippen LogP contribution < -0.4 is 5.73 Å². The third-order valence-corrected chi connectivity index (χ3v) is 2.95. The fraction of sp³-hybridized carbons (Fsp3) is 0.200. The van der Waals surface area contributed by atoms with Crippen LogP contribution in [0.3, 0.4) is 0 Å². The molecule has 0 aliphatic carbocycles. The van der Waals surface area contributed by atoms with Crippen molar-refractivity contribution in [2.24, 2.45) is 5.73 Å². The van der Waals surface area contributed by atoms with Gasteiger partial charge in [0.15, 0.2) is 0 Å². The number of halogens is 2. The first-order valence-corrected chi connectivity index (χ1v) is 6.00. The second-order valence-electron chi connectivity index (χ2n) is 4.50. The SMILES string of the molecule is NC(Cc1ccccc1)C(O)c1cc(F)cc(F)c1. The molecule has 0 spiro atoms. The van der Waals surface area contributed by atoms with E-state index in [0.717, 1.165) is 23.8 Å². The van der Waals surface area contributed by atoms with Crippen molar-refractivity contribution in [2.75, 3.05) is 0 Å². The molecule has 0 saturated carbocycles. The van der Waals surface area contributed by atoms with E-state index in [9.17, 15) is 13.9 Å². The lowest BCUT2D eigenvalue weighted by Gasteiger charge is -2.19. The van der Waals surface area contributed by atoms with Gasteiger partial charge in [0.1, 0.15) is 11.6 Å². The van der Waals surface area contributed by atoms with Gasteiger partial charge in [0, 0.05) is 12.1 Å². The Balaban J connectivity index is 2.12. The predicted octanol–water partition coefficient (Wildman–Crippen LogP) is 2.57. The van der Waals surface area contributed by atoms with E-state index in [0.29, 0.717) is 6.42 Å². The van der Waals surface area contributed by atoms with Crippen molar-refractivity contribution in [2.45, 2.75) is 18.6 Å². The molecule has 3 N–H and O–H groups in total. The molecule has 2 rings (SSSR count). The van der Waals surface area contributed by atoms with Crippen molar-refractivity contribution in [3.8, 4) is 0 Å². The van der Waals surface area contributed by atoms with E-state index in [1.54, 1.807) is 0 Å². The highest BCUT2D eigenvalue weighted by Crippen LogP contribution is 2.20. The van der Waals surface area contributed by atoms with Crippen LogP contribution >= 0.6 is 0 Å². The van der Waals surface area contributed by atoms with E-state index in [1.165, 1.54) is 0 Å². The Morgan fingerprint density at radius 3 is 2.16 bits per heavy atom. The monoisotopic (exact) mass is 263 g/mol. The Bertz CT molecular complexity index is 525. The molecule has 0 saturated heterocycles. The van der Waals surface area contributed by atoms with Gasteiger partial charge >= 0.3 is 0 Å². The second-order valence-corrected chi connectivity index (χ2v) is 4.50. The first kappa shape index (κ1) is 13.6. The first-order chi connectivity index (χ1) is 9.06. The molecule has 2 aromatic rings. The summed E-state index contributed by atoms with van der Waals surface area (Å²) in [4.78, 5) is 0. The van der Waals surface area contributed by atoms with Crippen LogP contribution in [-0.4, -0.2) is 11.1 Å². The number of rotatable bonds is 4. The van der Waals surface area contributed by atoms with Crippen molar-refractivity contribution < 1.29 is 13.9 Å². The molecular weight excluding hydrogens is 248 g/mol. The summed E-state index contributed by atoms with van der Waals surface area (Å²) in [5.41, 5.74) is 7.00. The van der Waals surface area contributed by atoms with Crippen LogP contribution in [0.2, 0.25) is 0 Å². The summed E-state index contributed by atoms with van der Waals surface area (Å²) in [5.74, 6) is -1.44. The molecule has 2 unspecified atom stereocenters. The maximum atomic E-state index is 13.1. The molecule has 4 heteroatoms. The number of hydrogen-bond donors (Lipinski definition) is 2. The minimum absolute atomic E-state index is 0.154. The number of aliphatic hydroxyl groups is 1. The zero-order chi connectivity index (χ0) is 13.8. The number of nitrogens with two attached hydrogens (primary N) is 1. The molecule has 19 heavy (non-hydrogen) atoms. The van der Waals surface area contributed by atoms with Crippen LogP contribution in [0.15, 0.2) is 48.5 Å². The van der Waals surface area contributed by atoms with Crippen LogP contribution in [-0.2, 0) is 6.42 Å². The lowest BCUT2D eigenvalue weighted by atomic mass is 9.97. The Morgan fingerprint density at radius 1 is 1.00 bits per heavy atom. The van der Waals surface area contributed by atoms with Gasteiger partial charge in [-0.3, -0.25) is 0 Å². The lowest BCUT2D eigenvalue weighted by Crippen LogP contribution is -2.30. The van der Waals surface area contributed by atoms with Gasteiger partial charge in [0.25, 0.3) is 0 Å². The predicted molar refractivity (Wildman–Crippen MR) is 69.4 cm³/mol. The third kappa shape index (κ3) is 3.59. The van der Waals surface area contributed by atoms with Crippen LogP contribution in [0, 0.1) is 11.6 Å². The Kier molecular flexibility index (Phi) is 4.24. The van der Waals surface area contributed by atoms with Gasteiger partial charge in [-0.2, -0.15) is 0 Å². The van der Waals surface area contributed by atoms with E-state index in [2.05, 4.69) is 0 Å². The summed E-state index contributed by atoms with van der Waals surface area (Å²) in [6, 6.07) is 11.7. The maximum absolute atomic E-state index is 13.1. The zero-order valence-corrected chi connectivity index (χ0v) is 10.3. The van der Waals surface area contributed by atoms with Crippen LogP contribution in [0.5, 0.6) is 0 Å². The van der Waals surface area contributed by atoms with Crippen LogP contribution in [0.25, 0.3) is 0 Å². The second kappa shape index (κ2) is 5.91. The van der Waals surface area contributed by atoms with Crippen molar-refractivity contribution in [1.82, 2.24) is 0 Å². The molecule has 0 aliphatic heterocycles. The summed E-state index contributed by atoms with van der Waals surface area (Å²) in [6.07, 6.45) is -0.675. The number of hydrogen-bond acceptors (Lipinski definition) is 2. The summed E-state index contributed by atoms with van der Waals surface area (Å²) in [5, 5.41) is 10.0. The van der Waals surface area contributed by atoms with E-state index < -0.39 is 23.8 Å². The molecule has 0 fully saturated rings. The van der Waals surface area contributed by atoms with Crippen LogP contribution in [0.1, 0.15) is 17.2 Å². The van der Waals surface area contributed by atoms with Crippen molar-refractivity contribution >= 4 is 0 Å². The number of benzene rings is 2. The largest absolute Gasteiger partial charge is 0.387 e. The molecule has 2 nitrogen and oxygen atoms in total. The van der Waals surface area contributed by atoms with Gasteiger partial charge < -0.3 is 10.8 Å².